The van der Waals surface area contributed by atoms with Crippen molar-refractivity contribution in [3.63, 3.8) is 0 Å². The molecule has 0 saturated heterocycles. The number of hydrogen-bond acceptors (Lipinski definition) is 1. The predicted octanol–water partition coefficient (Wildman–Crippen LogP) is 1.51. The van der Waals surface area contributed by atoms with Crippen molar-refractivity contribution in [1.29, 1.82) is 0 Å². The smallest absolute Gasteiger partial charge is 0.134 e. The van der Waals surface area contributed by atoms with Gasteiger partial charge in [0.25, 0.3) is 0 Å². The van der Waals surface area contributed by atoms with Crippen LogP contribution in [0.1, 0.15) is 5.56 Å². The molecule has 56 valence electrons. The molecule has 2 aromatic rings. The van der Waals surface area contributed by atoms with Crippen LogP contribution >= 0.6 is 0 Å². The Balaban J connectivity index is 2.53. The Kier molecular flexibility index (Phi) is 1.28. The molecule has 1 N–H and O–H groups in total. The summed E-state index contributed by atoms with van der Waals surface area (Å²) in [6.45, 7) is 2.05. The quantitative estimate of drug-likeness (QED) is 0.651. The molecule has 0 aliphatic carbocycles. The zero-order valence-corrected chi connectivity index (χ0v) is 6.28. The molecule has 0 spiro atoms. The van der Waals surface area contributed by atoms with Gasteiger partial charge in [0.2, 0.25) is 0 Å². The van der Waals surface area contributed by atoms with Crippen molar-refractivity contribution < 1.29 is 0 Å². The van der Waals surface area contributed by atoms with Gasteiger partial charge < -0.3 is 4.98 Å². The molecule has 11 heavy (non-hydrogen) atoms. The maximum Gasteiger partial charge on any atom is 0.134 e. The number of aromatic amines is 1. The average Bonchev–Trinajstić information content (AvgIpc) is 2.55. The van der Waals surface area contributed by atoms with Crippen molar-refractivity contribution in [2.75, 3.05) is 0 Å². The van der Waals surface area contributed by atoms with E-state index in [0.29, 0.717) is 0 Å². The van der Waals surface area contributed by atoms with Gasteiger partial charge >= 0.3 is 0 Å². The zero-order chi connectivity index (χ0) is 7.68. The number of hydrogen-bond donors (Lipinski definition) is 1. The third kappa shape index (κ3) is 0.941. The molecule has 2 rings (SSSR count). The number of nitrogens with zero attached hydrogens (tertiary/aromatic N) is 2. The van der Waals surface area contributed by atoms with Gasteiger partial charge in [-0.3, -0.25) is 0 Å². The van der Waals surface area contributed by atoms with Crippen molar-refractivity contribution in [3.8, 4) is 5.82 Å². The van der Waals surface area contributed by atoms with Crippen molar-refractivity contribution in [3.05, 3.63) is 36.3 Å². The standard InChI is InChI=1S/C8H9N3/c1-7-3-5-9-8(7)11-6-2-4-10-11/h2-6,9H,1H3. The monoisotopic (exact) mass is 147 g/mol. The molecule has 0 aromatic carbocycles. The topological polar surface area (TPSA) is 33.6 Å². The van der Waals surface area contributed by atoms with Crippen LogP contribution in [0.5, 0.6) is 0 Å². The van der Waals surface area contributed by atoms with E-state index >= 15 is 0 Å². The van der Waals surface area contributed by atoms with Gasteiger partial charge in [-0.1, -0.05) is 0 Å². The van der Waals surface area contributed by atoms with E-state index in [1.54, 1.807) is 6.20 Å². The Hall–Kier alpha value is -1.51. The van der Waals surface area contributed by atoms with Crippen molar-refractivity contribution in [1.82, 2.24) is 14.8 Å². The van der Waals surface area contributed by atoms with E-state index in [-0.39, 0.29) is 0 Å². The van der Waals surface area contributed by atoms with Crippen LogP contribution in [0, 0.1) is 6.92 Å². The predicted molar refractivity (Wildman–Crippen MR) is 42.7 cm³/mol. The van der Waals surface area contributed by atoms with Gasteiger partial charge in [-0.15, -0.1) is 0 Å². The van der Waals surface area contributed by atoms with Gasteiger partial charge in [0.1, 0.15) is 5.82 Å². The Bertz CT molecular complexity index is 332. The molecule has 0 unspecified atom stereocenters. The third-order valence-electron chi connectivity index (χ3n) is 1.66. The first-order valence-corrected chi connectivity index (χ1v) is 3.52. The second-order valence-corrected chi connectivity index (χ2v) is 2.46. The molecular formula is C8H9N3. The van der Waals surface area contributed by atoms with E-state index in [4.69, 9.17) is 0 Å². The maximum atomic E-state index is 4.10. The van der Waals surface area contributed by atoms with Gasteiger partial charge in [0.15, 0.2) is 0 Å². The van der Waals surface area contributed by atoms with Crippen molar-refractivity contribution in [2.24, 2.45) is 0 Å². The van der Waals surface area contributed by atoms with Gasteiger partial charge in [-0.2, -0.15) is 5.10 Å². The Morgan fingerprint density at radius 2 is 2.45 bits per heavy atom. The summed E-state index contributed by atoms with van der Waals surface area (Å²) < 4.78 is 1.81. The number of nitrogens with one attached hydrogen (secondary N) is 1. The fourth-order valence-electron chi connectivity index (χ4n) is 1.09. The van der Waals surface area contributed by atoms with Crippen LogP contribution < -0.4 is 0 Å². The summed E-state index contributed by atoms with van der Waals surface area (Å²) in [5.41, 5.74) is 1.20. The summed E-state index contributed by atoms with van der Waals surface area (Å²) in [4.78, 5) is 3.11. The van der Waals surface area contributed by atoms with Gasteiger partial charge in [0, 0.05) is 18.6 Å². The highest BCUT2D eigenvalue weighted by atomic mass is 15.3. The van der Waals surface area contributed by atoms with Crippen LogP contribution in [-0.4, -0.2) is 14.8 Å². The highest BCUT2D eigenvalue weighted by molar-refractivity contribution is 5.31. The molecule has 0 aliphatic rings. The van der Waals surface area contributed by atoms with Gasteiger partial charge in [-0.05, 0) is 24.6 Å². The summed E-state index contributed by atoms with van der Waals surface area (Å²) in [5.74, 6) is 1.04. The molecule has 0 amide bonds. The normalized spacial score (nSPS) is 10.3. The Morgan fingerprint density at radius 1 is 1.55 bits per heavy atom. The second-order valence-electron chi connectivity index (χ2n) is 2.46. The van der Waals surface area contributed by atoms with E-state index < -0.39 is 0 Å². The number of aromatic nitrogens is 3. The SMILES string of the molecule is Cc1cc[nH]c1-n1cccn1. The van der Waals surface area contributed by atoms with Crippen molar-refractivity contribution >= 4 is 0 Å². The molecule has 2 aromatic heterocycles. The second kappa shape index (κ2) is 2.27. The minimum atomic E-state index is 1.04. The summed E-state index contributed by atoms with van der Waals surface area (Å²) in [5, 5.41) is 4.10. The summed E-state index contributed by atoms with van der Waals surface area (Å²) in [6, 6.07) is 3.93. The highest BCUT2D eigenvalue weighted by Crippen LogP contribution is 2.08. The summed E-state index contributed by atoms with van der Waals surface area (Å²) in [6.07, 6.45) is 5.59. The molecule has 3 nitrogen and oxygen atoms in total. The minimum absolute atomic E-state index is 1.04. The first-order valence-electron chi connectivity index (χ1n) is 3.52. The largest absolute Gasteiger partial charge is 0.346 e. The molecule has 3 heteroatoms. The molecule has 0 fully saturated rings. The molecule has 0 bridgehead atoms. The number of aryl methyl sites for hydroxylation is 1. The Morgan fingerprint density at radius 3 is 3.00 bits per heavy atom. The summed E-state index contributed by atoms with van der Waals surface area (Å²) in [7, 11) is 0. The molecule has 0 saturated carbocycles. The van der Waals surface area contributed by atoms with Crippen LogP contribution in [0.15, 0.2) is 30.7 Å². The average molecular weight is 147 g/mol. The van der Waals surface area contributed by atoms with Crippen LogP contribution in [0.4, 0.5) is 0 Å². The van der Waals surface area contributed by atoms with Crippen LogP contribution in [0.25, 0.3) is 5.82 Å². The lowest BCUT2D eigenvalue weighted by Gasteiger charge is -1.97. The van der Waals surface area contributed by atoms with E-state index in [1.807, 2.05) is 36.1 Å². The van der Waals surface area contributed by atoms with E-state index in [1.165, 1.54) is 5.56 Å². The van der Waals surface area contributed by atoms with Crippen LogP contribution in [0.3, 0.4) is 0 Å². The van der Waals surface area contributed by atoms with Gasteiger partial charge in [0.05, 0.1) is 0 Å². The maximum absolute atomic E-state index is 4.10. The van der Waals surface area contributed by atoms with E-state index in [2.05, 4.69) is 10.1 Å². The van der Waals surface area contributed by atoms with Gasteiger partial charge in [-0.25, -0.2) is 4.68 Å². The van der Waals surface area contributed by atoms with E-state index in [0.717, 1.165) is 5.82 Å². The lowest BCUT2D eigenvalue weighted by molar-refractivity contribution is 0.848. The Labute approximate surface area is 64.7 Å². The van der Waals surface area contributed by atoms with Crippen molar-refractivity contribution in [2.45, 2.75) is 6.92 Å². The summed E-state index contributed by atoms with van der Waals surface area (Å²) >= 11 is 0. The first kappa shape index (κ1) is 6.22. The van der Waals surface area contributed by atoms with Crippen LogP contribution in [0.2, 0.25) is 0 Å². The fourth-order valence-corrected chi connectivity index (χ4v) is 1.09. The third-order valence-corrected chi connectivity index (χ3v) is 1.66. The molecule has 0 aliphatic heterocycles. The molecule has 0 atom stereocenters. The molecule has 2 heterocycles. The molecular weight excluding hydrogens is 138 g/mol. The highest BCUT2D eigenvalue weighted by Gasteiger charge is 1.99. The zero-order valence-electron chi connectivity index (χ0n) is 6.28. The lowest BCUT2D eigenvalue weighted by atomic mass is 10.4. The minimum Gasteiger partial charge on any atom is -0.346 e. The van der Waals surface area contributed by atoms with Crippen LogP contribution in [-0.2, 0) is 0 Å². The lowest BCUT2D eigenvalue weighted by Crippen LogP contribution is -1.95. The molecule has 0 radical (unpaired) electrons. The number of H-pyrrole nitrogens is 1. The fraction of sp³-hybridized carbons (Fsp3) is 0.125. The number of rotatable bonds is 1. The van der Waals surface area contributed by atoms with E-state index in [9.17, 15) is 0 Å². The first-order chi connectivity index (χ1) is 5.38.